The Labute approximate surface area is 144 Å². The van der Waals surface area contributed by atoms with E-state index in [0.29, 0.717) is 11.4 Å². The van der Waals surface area contributed by atoms with Gasteiger partial charge in [0.05, 0.1) is 4.90 Å². The third-order valence-corrected chi connectivity index (χ3v) is 6.44. The summed E-state index contributed by atoms with van der Waals surface area (Å²) in [5, 5.41) is 3.31. The Bertz CT molecular complexity index is 752. The molecule has 1 fully saturated rings. The van der Waals surface area contributed by atoms with Crippen molar-refractivity contribution < 1.29 is 8.42 Å². The lowest BCUT2D eigenvalue weighted by Crippen LogP contribution is -2.45. The molecule has 2 aromatic rings. The van der Waals surface area contributed by atoms with Gasteiger partial charge in [-0.05, 0) is 50.6 Å². The van der Waals surface area contributed by atoms with Gasteiger partial charge in [0, 0.05) is 12.6 Å². The summed E-state index contributed by atoms with van der Waals surface area (Å²) in [7, 11) is -3.51. The molecule has 1 aliphatic rings. The lowest BCUT2D eigenvalue weighted by atomic mass is 10.1. The summed E-state index contributed by atoms with van der Waals surface area (Å²) in [5.74, 6) is 0. The molecule has 5 heteroatoms. The molecular weight excluding hydrogens is 320 g/mol. The first-order chi connectivity index (χ1) is 11.6. The number of aryl methyl sites for hydroxylation is 1. The fraction of sp³-hybridized carbons (Fsp3) is 0.368. The zero-order chi connectivity index (χ0) is 17.0. The first-order valence-electron chi connectivity index (χ1n) is 8.40. The van der Waals surface area contributed by atoms with Crippen LogP contribution >= 0.6 is 0 Å². The molecule has 0 aromatic heterocycles. The van der Waals surface area contributed by atoms with E-state index in [9.17, 15) is 8.42 Å². The van der Waals surface area contributed by atoms with Gasteiger partial charge < -0.3 is 5.32 Å². The highest BCUT2D eigenvalue weighted by molar-refractivity contribution is 7.89. The highest BCUT2D eigenvalue weighted by atomic mass is 32.2. The van der Waals surface area contributed by atoms with Crippen LogP contribution in [0.4, 0.5) is 0 Å². The van der Waals surface area contributed by atoms with Gasteiger partial charge in [-0.1, -0.05) is 48.0 Å². The van der Waals surface area contributed by atoms with Gasteiger partial charge in [-0.2, -0.15) is 4.31 Å². The average molecular weight is 344 g/mol. The van der Waals surface area contributed by atoms with Crippen LogP contribution in [0.25, 0.3) is 0 Å². The number of nitrogens with one attached hydrogen (secondary N) is 1. The van der Waals surface area contributed by atoms with Crippen molar-refractivity contribution in [3.63, 3.8) is 0 Å². The lowest BCUT2D eigenvalue weighted by Gasteiger charge is -2.34. The van der Waals surface area contributed by atoms with Gasteiger partial charge >= 0.3 is 0 Å². The summed E-state index contributed by atoms with van der Waals surface area (Å²) in [6, 6.07) is 17.0. The zero-order valence-electron chi connectivity index (χ0n) is 14.0. The van der Waals surface area contributed by atoms with E-state index in [-0.39, 0.29) is 6.04 Å². The van der Waals surface area contributed by atoms with Gasteiger partial charge in [-0.25, -0.2) is 8.42 Å². The molecule has 1 heterocycles. The van der Waals surface area contributed by atoms with E-state index >= 15 is 0 Å². The van der Waals surface area contributed by atoms with Crippen molar-refractivity contribution in [3.8, 4) is 0 Å². The largest absolute Gasteiger partial charge is 0.317 e. The summed E-state index contributed by atoms with van der Waals surface area (Å²) in [5.41, 5.74) is 2.08. The van der Waals surface area contributed by atoms with Crippen molar-refractivity contribution in [3.05, 3.63) is 65.7 Å². The molecule has 0 atom stereocenters. The Kier molecular flexibility index (Phi) is 5.33. The molecule has 0 unspecified atom stereocenters. The zero-order valence-corrected chi connectivity index (χ0v) is 14.8. The van der Waals surface area contributed by atoms with E-state index in [4.69, 9.17) is 0 Å². The Morgan fingerprint density at radius 3 is 2.25 bits per heavy atom. The highest BCUT2D eigenvalue weighted by Crippen LogP contribution is 2.25. The number of piperidine rings is 1. The van der Waals surface area contributed by atoms with E-state index in [1.54, 1.807) is 16.4 Å². The number of nitrogens with zero attached hydrogens (tertiary/aromatic N) is 1. The molecule has 0 amide bonds. The molecule has 2 aromatic carbocycles. The maximum atomic E-state index is 13.3. The molecular formula is C19H24N2O2S. The summed E-state index contributed by atoms with van der Waals surface area (Å²) in [6.45, 7) is 4.10. The molecule has 3 rings (SSSR count). The van der Waals surface area contributed by atoms with E-state index in [2.05, 4.69) is 5.32 Å². The predicted molar refractivity (Wildman–Crippen MR) is 96.2 cm³/mol. The van der Waals surface area contributed by atoms with Crippen LogP contribution in [-0.4, -0.2) is 31.9 Å². The Morgan fingerprint density at radius 2 is 1.62 bits per heavy atom. The topological polar surface area (TPSA) is 49.4 Å². The van der Waals surface area contributed by atoms with Crippen LogP contribution in [0.15, 0.2) is 59.5 Å². The van der Waals surface area contributed by atoms with Gasteiger partial charge in [-0.15, -0.1) is 0 Å². The van der Waals surface area contributed by atoms with Crippen LogP contribution < -0.4 is 5.32 Å². The molecule has 1 saturated heterocycles. The van der Waals surface area contributed by atoms with Crippen molar-refractivity contribution >= 4 is 10.0 Å². The molecule has 1 N–H and O–H groups in total. The minimum atomic E-state index is -3.51. The highest BCUT2D eigenvalue weighted by Gasteiger charge is 2.32. The first kappa shape index (κ1) is 17.1. The van der Waals surface area contributed by atoms with Crippen LogP contribution in [0.5, 0.6) is 0 Å². The fourth-order valence-corrected chi connectivity index (χ4v) is 4.79. The number of sulfonamides is 1. The van der Waals surface area contributed by atoms with E-state index in [1.807, 2.05) is 49.4 Å². The van der Waals surface area contributed by atoms with Crippen LogP contribution in [0.1, 0.15) is 24.0 Å². The fourth-order valence-electron chi connectivity index (χ4n) is 3.11. The standard InChI is InChI=1S/C19H24N2O2S/c1-16-7-9-19(10-8-16)24(22,23)21(18-11-13-20-14-12-18)15-17-5-3-2-4-6-17/h2-10,18,20H,11-15H2,1H3. The predicted octanol–water partition coefficient (Wildman–Crippen LogP) is 2.94. The summed E-state index contributed by atoms with van der Waals surface area (Å²) in [6.07, 6.45) is 1.69. The molecule has 24 heavy (non-hydrogen) atoms. The average Bonchev–Trinajstić information content (AvgIpc) is 2.61. The Balaban J connectivity index is 1.94. The Hall–Kier alpha value is -1.69. The normalized spacial score (nSPS) is 16.4. The van der Waals surface area contributed by atoms with Crippen molar-refractivity contribution in [1.29, 1.82) is 0 Å². The van der Waals surface area contributed by atoms with Crippen LogP contribution in [0.3, 0.4) is 0 Å². The van der Waals surface area contributed by atoms with Crippen molar-refractivity contribution in [2.24, 2.45) is 0 Å². The maximum Gasteiger partial charge on any atom is 0.243 e. The number of benzene rings is 2. The van der Waals surface area contributed by atoms with E-state index < -0.39 is 10.0 Å². The first-order valence-corrected chi connectivity index (χ1v) is 9.84. The van der Waals surface area contributed by atoms with E-state index in [0.717, 1.165) is 37.1 Å². The Morgan fingerprint density at radius 1 is 1.00 bits per heavy atom. The summed E-state index contributed by atoms with van der Waals surface area (Å²) in [4.78, 5) is 0.377. The third kappa shape index (κ3) is 3.86. The lowest BCUT2D eigenvalue weighted by molar-refractivity contribution is 0.256. The summed E-state index contributed by atoms with van der Waals surface area (Å²) >= 11 is 0. The van der Waals surface area contributed by atoms with E-state index in [1.165, 1.54) is 0 Å². The van der Waals surface area contributed by atoms with Crippen molar-refractivity contribution in [1.82, 2.24) is 9.62 Å². The monoisotopic (exact) mass is 344 g/mol. The van der Waals surface area contributed by atoms with Gasteiger partial charge in [0.2, 0.25) is 10.0 Å². The van der Waals surface area contributed by atoms with Gasteiger partial charge in [0.15, 0.2) is 0 Å². The molecule has 0 radical (unpaired) electrons. The molecule has 0 spiro atoms. The minimum absolute atomic E-state index is 0.0396. The number of hydrogen-bond donors (Lipinski definition) is 1. The second-order valence-corrected chi connectivity index (χ2v) is 8.22. The van der Waals surface area contributed by atoms with Crippen LogP contribution in [0.2, 0.25) is 0 Å². The molecule has 0 bridgehead atoms. The van der Waals surface area contributed by atoms with Crippen LogP contribution in [-0.2, 0) is 16.6 Å². The van der Waals surface area contributed by atoms with Gasteiger partial charge in [0.1, 0.15) is 0 Å². The smallest absolute Gasteiger partial charge is 0.243 e. The SMILES string of the molecule is Cc1ccc(S(=O)(=O)N(Cc2ccccc2)C2CCNCC2)cc1. The number of hydrogen-bond acceptors (Lipinski definition) is 3. The molecule has 0 aliphatic carbocycles. The second-order valence-electron chi connectivity index (χ2n) is 6.33. The van der Waals surface area contributed by atoms with Crippen molar-refractivity contribution in [2.75, 3.05) is 13.1 Å². The molecule has 0 saturated carbocycles. The van der Waals surface area contributed by atoms with Crippen LogP contribution in [0, 0.1) is 6.92 Å². The minimum Gasteiger partial charge on any atom is -0.317 e. The number of rotatable bonds is 5. The van der Waals surface area contributed by atoms with Gasteiger partial charge in [0.25, 0.3) is 0 Å². The third-order valence-electron chi connectivity index (χ3n) is 4.52. The second kappa shape index (κ2) is 7.47. The quantitative estimate of drug-likeness (QED) is 0.907. The maximum absolute atomic E-state index is 13.3. The van der Waals surface area contributed by atoms with Crippen molar-refractivity contribution in [2.45, 2.75) is 37.2 Å². The van der Waals surface area contributed by atoms with Gasteiger partial charge in [-0.3, -0.25) is 0 Å². The molecule has 4 nitrogen and oxygen atoms in total. The molecule has 128 valence electrons. The molecule has 1 aliphatic heterocycles. The summed E-state index contributed by atoms with van der Waals surface area (Å²) < 4.78 is 28.2.